The lowest BCUT2D eigenvalue weighted by atomic mass is 10.1. The Labute approximate surface area is 167 Å². The minimum atomic E-state index is -2.91. The second-order valence-corrected chi connectivity index (χ2v) is 6.21. The lowest BCUT2D eigenvalue weighted by Crippen LogP contribution is -2.06. The highest BCUT2D eigenvalue weighted by atomic mass is 19.3. The Morgan fingerprint density at radius 1 is 0.933 bits per heavy atom. The number of ether oxygens (including phenoxy) is 2. The lowest BCUT2D eigenvalue weighted by molar-refractivity contribution is -0.0498. The summed E-state index contributed by atoms with van der Waals surface area (Å²) in [6.45, 7) is -2.74. The quantitative estimate of drug-likeness (QED) is 0.419. The third-order valence-corrected chi connectivity index (χ3v) is 4.25. The molecule has 2 aromatic heterocycles. The maximum atomic E-state index is 13.3. The number of halogens is 4. The van der Waals surface area contributed by atoms with Gasteiger partial charge in [-0.15, -0.1) is 10.2 Å². The normalized spacial score (nSPS) is 11.2. The molecule has 0 saturated carbocycles. The molecule has 0 unspecified atom stereocenters. The Kier molecular flexibility index (Phi) is 5.46. The summed E-state index contributed by atoms with van der Waals surface area (Å²) in [4.78, 5) is 4.06. The smallest absolute Gasteiger partial charge is 0.387 e. The highest BCUT2D eigenvalue weighted by Gasteiger charge is 2.14. The highest BCUT2D eigenvalue weighted by molar-refractivity contribution is 5.61. The number of aromatic nitrogens is 4. The van der Waals surface area contributed by atoms with Gasteiger partial charge in [0.25, 0.3) is 0 Å². The van der Waals surface area contributed by atoms with Crippen LogP contribution in [0.5, 0.6) is 11.6 Å². The van der Waals surface area contributed by atoms with E-state index in [1.807, 2.05) is 0 Å². The van der Waals surface area contributed by atoms with E-state index in [0.717, 1.165) is 12.1 Å². The predicted octanol–water partition coefficient (Wildman–Crippen LogP) is 4.29. The average Bonchev–Trinajstić information content (AvgIpc) is 3.16. The van der Waals surface area contributed by atoms with Gasteiger partial charge in [-0.25, -0.2) is 13.2 Å². The first kappa shape index (κ1) is 19.6. The van der Waals surface area contributed by atoms with Gasteiger partial charge in [-0.2, -0.15) is 8.78 Å². The molecule has 0 spiro atoms. The highest BCUT2D eigenvalue weighted by Crippen LogP contribution is 2.25. The maximum Gasteiger partial charge on any atom is 0.387 e. The Bertz CT molecular complexity index is 1170. The molecule has 4 aromatic rings. The van der Waals surface area contributed by atoms with Crippen LogP contribution in [0, 0.1) is 11.6 Å². The van der Waals surface area contributed by atoms with Crippen molar-refractivity contribution in [1.29, 1.82) is 0 Å². The first-order chi connectivity index (χ1) is 14.5. The SMILES string of the molecule is Fc1ccc(CCOc2cncc3nnc(-c4ccc(OC(F)F)cc4)n23)cc1F. The zero-order chi connectivity index (χ0) is 21.1. The van der Waals surface area contributed by atoms with E-state index in [-0.39, 0.29) is 12.4 Å². The summed E-state index contributed by atoms with van der Waals surface area (Å²) in [6.07, 6.45) is 3.30. The van der Waals surface area contributed by atoms with Crippen molar-refractivity contribution in [3.63, 3.8) is 0 Å². The fourth-order valence-electron chi connectivity index (χ4n) is 2.87. The zero-order valence-corrected chi connectivity index (χ0v) is 15.3. The van der Waals surface area contributed by atoms with Gasteiger partial charge >= 0.3 is 6.61 Å². The summed E-state index contributed by atoms with van der Waals surface area (Å²) in [6, 6.07) is 9.59. The van der Waals surface area contributed by atoms with Gasteiger partial charge in [-0.3, -0.25) is 4.98 Å². The number of nitrogens with zero attached hydrogens (tertiary/aromatic N) is 4. The number of hydrogen-bond donors (Lipinski definition) is 0. The van der Waals surface area contributed by atoms with Crippen LogP contribution >= 0.6 is 0 Å². The van der Waals surface area contributed by atoms with E-state index in [1.165, 1.54) is 30.6 Å². The number of fused-ring (bicyclic) bond motifs is 1. The molecule has 0 aliphatic rings. The van der Waals surface area contributed by atoms with Crippen molar-refractivity contribution in [2.24, 2.45) is 0 Å². The van der Waals surface area contributed by atoms with E-state index in [1.54, 1.807) is 16.5 Å². The van der Waals surface area contributed by atoms with Gasteiger partial charge in [0, 0.05) is 12.0 Å². The topological polar surface area (TPSA) is 61.5 Å². The van der Waals surface area contributed by atoms with E-state index in [0.29, 0.717) is 34.9 Å². The molecular formula is C20H14F4N4O2. The summed E-state index contributed by atoms with van der Waals surface area (Å²) in [5.41, 5.74) is 1.59. The van der Waals surface area contributed by atoms with Crippen molar-refractivity contribution < 1.29 is 27.0 Å². The molecule has 0 aliphatic heterocycles. The van der Waals surface area contributed by atoms with Gasteiger partial charge in [0.1, 0.15) is 5.75 Å². The molecule has 0 saturated heterocycles. The van der Waals surface area contributed by atoms with Gasteiger partial charge in [0.15, 0.2) is 23.1 Å². The Balaban J connectivity index is 1.55. The van der Waals surface area contributed by atoms with Crippen molar-refractivity contribution in [3.8, 4) is 23.0 Å². The zero-order valence-electron chi connectivity index (χ0n) is 15.3. The minimum Gasteiger partial charge on any atom is -0.477 e. The third-order valence-electron chi connectivity index (χ3n) is 4.25. The molecule has 2 aromatic carbocycles. The van der Waals surface area contributed by atoms with Crippen molar-refractivity contribution in [3.05, 3.63) is 72.1 Å². The van der Waals surface area contributed by atoms with Crippen molar-refractivity contribution in [1.82, 2.24) is 19.6 Å². The Hall–Kier alpha value is -3.69. The van der Waals surface area contributed by atoms with Gasteiger partial charge in [0.2, 0.25) is 5.88 Å². The monoisotopic (exact) mass is 418 g/mol. The van der Waals surface area contributed by atoms with Crippen molar-refractivity contribution in [2.75, 3.05) is 6.61 Å². The van der Waals surface area contributed by atoms with Crippen LogP contribution in [0.4, 0.5) is 17.6 Å². The van der Waals surface area contributed by atoms with Gasteiger partial charge in [-0.05, 0) is 42.0 Å². The summed E-state index contributed by atoms with van der Waals surface area (Å²) in [7, 11) is 0. The summed E-state index contributed by atoms with van der Waals surface area (Å²) in [5, 5.41) is 8.16. The van der Waals surface area contributed by atoms with Crippen LogP contribution in [0.25, 0.3) is 17.0 Å². The fraction of sp³-hybridized carbons (Fsp3) is 0.150. The molecule has 154 valence electrons. The Morgan fingerprint density at radius 3 is 2.47 bits per heavy atom. The molecule has 0 N–H and O–H groups in total. The number of benzene rings is 2. The number of rotatable bonds is 7. The van der Waals surface area contributed by atoms with Gasteiger partial charge in [-0.1, -0.05) is 6.07 Å². The predicted molar refractivity (Wildman–Crippen MR) is 98.4 cm³/mol. The second-order valence-electron chi connectivity index (χ2n) is 6.21. The van der Waals surface area contributed by atoms with Crippen LogP contribution in [0.3, 0.4) is 0 Å². The van der Waals surface area contributed by atoms with Crippen LogP contribution < -0.4 is 9.47 Å². The molecule has 0 aliphatic carbocycles. The first-order valence-electron chi connectivity index (χ1n) is 8.82. The van der Waals surface area contributed by atoms with E-state index in [4.69, 9.17) is 4.74 Å². The summed E-state index contributed by atoms with van der Waals surface area (Å²) >= 11 is 0. The molecule has 10 heteroatoms. The van der Waals surface area contributed by atoms with Gasteiger partial charge < -0.3 is 9.47 Å². The second kappa shape index (κ2) is 8.36. The molecular weight excluding hydrogens is 404 g/mol. The van der Waals surface area contributed by atoms with Gasteiger partial charge in [0.05, 0.1) is 19.0 Å². The van der Waals surface area contributed by atoms with E-state index >= 15 is 0 Å². The number of hydrogen-bond acceptors (Lipinski definition) is 5. The average molecular weight is 418 g/mol. The molecule has 4 rings (SSSR count). The fourth-order valence-corrected chi connectivity index (χ4v) is 2.87. The van der Waals surface area contributed by atoms with E-state index in [9.17, 15) is 17.6 Å². The minimum absolute atomic E-state index is 0.0206. The van der Waals surface area contributed by atoms with Crippen molar-refractivity contribution >= 4 is 5.65 Å². The van der Waals surface area contributed by atoms with Crippen LogP contribution in [-0.4, -0.2) is 32.8 Å². The molecule has 0 amide bonds. The van der Waals surface area contributed by atoms with Crippen LogP contribution in [0.15, 0.2) is 54.9 Å². The summed E-state index contributed by atoms with van der Waals surface area (Å²) in [5.74, 6) is -1.06. The molecule has 0 atom stereocenters. The standard InChI is InChI=1S/C20H14F4N4O2/c21-15-6-1-12(9-16(15)22)7-8-29-18-11-25-10-17-26-27-19(28(17)18)13-2-4-14(5-3-13)30-20(23)24/h1-6,9-11,20H,7-8H2. The van der Waals surface area contributed by atoms with Crippen LogP contribution in [-0.2, 0) is 6.42 Å². The molecule has 6 nitrogen and oxygen atoms in total. The third kappa shape index (κ3) is 4.17. The first-order valence-corrected chi connectivity index (χ1v) is 8.82. The van der Waals surface area contributed by atoms with E-state index < -0.39 is 18.2 Å². The maximum absolute atomic E-state index is 13.3. The molecule has 0 radical (unpaired) electrons. The van der Waals surface area contributed by atoms with Crippen LogP contribution in [0.1, 0.15) is 5.56 Å². The molecule has 2 heterocycles. The van der Waals surface area contributed by atoms with Crippen LogP contribution in [0.2, 0.25) is 0 Å². The molecule has 0 fully saturated rings. The molecule has 0 bridgehead atoms. The molecule has 30 heavy (non-hydrogen) atoms. The van der Waals surface area contributed by atoms with Crippen molar-refractivity contribution in [2.45, 2.75) is 13.0 Å². The Morgan fingerprint density at radius 2 is 1.73 bits per heavy atom. The summed E-state index contributed by atoms with van der Waals surface area (Å²) < 4.78 is 62.8. The van der Waals surface area contributed by atoms with E-state index in [2.05, 4.69) is 19.9 Å². The largest absolute Gasteiger partial charge is 0.477 e. The lowest BCUT2D eigenvalue weighted by Gasteiger charge is -2.10. The number of alkyl halides is 2.